The molecule has 26 heavy (non-hydrogen) atoms. The van der Waals surface area contributed by atoms with Gasteiger partial charge in [0.2, 0.25) is 5.75 Å². The van der Waals surface area contributed by atoms with Crippen LogP contribution in [0.25, 0.3) is 10.9 Å². The zero-order valence-corrected chi connectivity index (χ0v) is 15.0. The number of carbonyl (C=O) groups is 1. The molecule has 0 aliphatic rings. The summed E-state index contributed by atoms with van der Waals surface area (Å²) in [6.45, 7) is 7.52. The molecule has 6 nitrogen and oxygen atoms in total. The maximum absolute atomic E-state index is 12.9. The van der Waals surface area contributed by atoms with E-state index < -0.39 is 10.9 Å². The predicted octanol–water partition coefficient (Wildman–Crippen LogP) is 4.60. The number of esters is 1. The van der Waals surface area contributed by atoms with Gasteiger partial charge < -0.3 is 4.74 Å². The minimum Gasteiger partial charge on any atom is -0.413 e. The van der Waals surface area contributed by atoms with E-state index in [-0.39, 0.29) is 17.0 Å². The number of nitro benzene ring substituents is 1. The summed E-state index contributed by atoms with van der Waals surface area (Å²) in [4.78, 5) is 27.9. The Morgan fingerprint density at radius 2 is 1.73 bits per heavy atom. The summed E-state index contributed by atoms with van der Waals surface area (Å²) in [5.74, 6) is -0.746. The number of hydrogen-bond donors (Lipinski definition) is 0. The molecule has 0 spiro atoms. The second kappa shape index (κ2) is 6.55. The van der Waals surface area contributed by atoms with Gasteiger partial charge in [0.15, 0.2) is 0 Å². The fraction of sp³-hybridized carbons (Fsp3) is 0.200. The van der Waals surface area contributed by atoms with Crippen LogP contribution in [0, 0.1) is 37.8 Å². The molecule has 1 aromatic heterocycles. The number of nitrogens with zero attached hydrogens (tertiary/aromatic N) is 2. The second-order valence-corrected chi connectivity index (χ2v) is 6.27. The Balaban J connectivity index is 2.17. The van der Waals surface area contributed by atoms with Gasteiger partial charge in [-0.1, -0.05) is 12.1 Å². The molecule has 1 heterocycles. The van der Waals surface area contributed by atoms with Crippen LogP contribution in [0.3, 0.4) is 0 Å². The van der Waals surface area contributed by atoms with E-state index in [9.17, 15) is 14.9 Å². The van der Waals surface area contributed by atoms with Crippen molar-refractivity contribution in [2.45, 2.75) is 27.7 Å². The van der Waals surface area contributed by atoms with E-state index >= 15 is 0 Å². The van der Waals surface area contributed by atoms with Crippen molar-refractivity contribution in [3.05, 3.63) is 74.5 Å². The van der Waals surface area contributed by atoms with Crippen molar-refractivity contribution in [3.8, 4) is 5.75 Å². The SMILES string of the molecule is Cc1cc(C)c(C)c(C(=O)Oc2c([N+](=O)[O-])ccc3cccnc23)c1C. The minimum atomic E-state index is -0.618. The van der Waals surface area contributed by atoms with Gasteiger partial charge in [0.25, 0.3) is 0 Å². The Bertz CT molecular complexity index is 1030. The Morgan fingerprint density at radius 3 is 2.35 bits per heavy atom. The highest BCUT2D eigenvalue weighted by molar-refractivity contribution is 5.98. The summed E-state index contributed by atoms with van der Waals surface area (Å²) >= 11 is 0. The van der Waals surface area contributed by atoms with Crippen LogP contribution in [0.1, 0.15) is 32.6 Å². The zero-order valence-electron chi connectivity index (χ0n) is 15.0. The molecule has 0 saturated carbocycles. The molecule has 0 radical (unpaired) electrons. The molecular weight excluding hydrogens is 332 g/mol. The van der Waals surface area contributed by atoms with Crippen LogP contribution in [-0.4, -0.2) is 15.9 Å². The number of nitro groups is 1. The molecule has 0 N–H and O–H groups in total. The number of hydrogen-bond acceptors (Lipinski definition) is 5. The van der Waals surface area contributed by atoms with Crippen LogP contribution in [0.4, 0.5) is 5.69 Å². The van der Waals surface area contributed by atoms with Gasteiger partial charge in [-0.3, -0.25) is 15.1 Å². The summed E-state index contributed by atoms with van der Waals surface area (Å²) < 4.78 is 5.53. The van der Waals surface area contributed by atoms with Crippen LogP contribution < -0.4 is 4.74 Å². The van der Waals surface area contributed by atoms with Crippen molar-refractivity contribution < 1.29 is 14.5 Å². The van der Waals surface area contributed by atoms with E-state index in [0.29, 0.717) is 10.9 Å². The fourth-order valence-corrected chi connectivity index (χ4v) is 3.02. The van der Waals surface area contributed by atoms with Gasteiger partial charge >= 0.3 is 11.7 Å². The summed E-state index contributed by atoms with van der Waals surface area (Å²) in [5, 5.41) is 12.1. The molecule has 0 unspecified atom stereocenters. The molecule has 0 atom stereocenters. The lowest BCUT2D eigenvalue weighted by molar-refractivity contribution is -0.385. The van der Waals surface area contributed by atoms with Crippen LogP contribution in [0.2, 0.25) is 0 Å². The first-order valence-electron chi connectivity index (χ1n) is 8.13. The Labute approximate surface area is 150 Å². The maximum Gasteiger partial charge on any atom is 0.344 e. The average Bonchev–Trinajstić information content (AvgIpc) is 2.60. The van der Waals surface area contributed by atoms with E-state index in [0.717, 1.165) is 22.3 Å². The van der Waals surface area contributed by atoms with Gasteiger partial charge in [0, 0.05) is 17.6 Å². The highest BCUT2D eigenvalue weighted by Crippen LogP contribution is 2.35. The third kappa shape index (κ3) is 2.90. The van der Waals surface area contributed by atoms with Crippen molar-refractivity contribution >= 4 is 22.6 Å². The Hall–Kier alpha value is -3.28. The van der Waals surface area contributed by atoms with E-state index in [1.54, 1.807) is 18.2 Å². The molecule has 2 aromatic carbocycles. The van der Waals surface area contributed by atoms with Gasteiger partial charge in [-0.15, -0.1) is 0 Å². The molecule has 132 valence electrons. The lowest BCUT2D eigenvalue weighted by Gasteiger charge is -2.15. The minimum absolute atomic E-state index is 0.129. The third-order valence-corrected chi connectivity index (χ3v) is 4.67. The Kier molecular flexibility index (Phi) is 4.42. The standard InChI is InChI=1S/C20H18N2O4/c1-11-10-12(2)14(4)17(13(11)3)20(23)26-19-16(22(24)25)8-7-15-6-5-9-21-18(15)19/h5-10H,1-4H3. The average molecular weight is 350 g/mol. The molecule has 0 fully saturated rings. The first kappa shape index (κ1) is 17.5. The number of aromatic nitrogens is 1. The fourth-order valence-electron chi connectivity index (χ4n) is 3.02. The van der Waals surface area contributed by atoms with E-state index in [4.69, 9.17) is 4.74 Å². The third-order valence-electron chi connectivity index (χ3n) is 4.67. The lowest BCUT2D eigenvalue weighted by atomic mass is 9.94. The first-order chi connectivity index (χ1) is 12.3. The van der Waals surface area contributed by atoms with Crippen LogP contribution in [0.15, 0.2) is 36.5 Å². The molecule has 0 saturated heterocycles. The van der Waals surface area contributed by atoms with E-state index in [1.165, 1.54) is 12.3 Å². The zero-order chi connectivity index (χ0) is 19.0. The van der Waals surface area contributed by atoms with Gasteiger partial charge in [-0.25, -0.2) is 4.79 Å². The predicted molar refractivity (Wildman–Crippen MR) is 98.7 cm³/mol. The summed E-state index contributed by atoms with van der Waals surface area (Å²) in [5.41, 5.74) is 3.96. The number of aryl methyl sites for hydroxylation is 2. The molecule has 0 aliphatic heterocycles. The van der Waals surface area contributed by atoms with Crippen LogP contribution in [0.5, 0.6) is 5.75 Å². The normalized spacial score (nSPS) is 10.8. The second-order valence-electron chi connectivity index (χ2n) is 6.27. The van der Waals surface area contributed by atoms with Crippen molar-refractivity contribution in [3.63, 3.8) is 0 Å². The van der Waals surface area contributed by atoms with Crippen molar-refractivity contribution in [2.24, 2.45) is 0 Å². The number of pyridine rings is 1. The molecular formula is C20H18N2O4. The van der Waals surface area contributed by atoms with Gasteiger partial charge in [0.1, 0.15) is 5.52 Å². The van der Waals surface area contributed by atoms with Crippen LogP contribution >= 0.6 is 0 Å². The summed E-state index contributed by atoms with van der Waals surface area (Å²) in [6, 6.07) is 8.40. The largest absolute Gasteiger partial charge is 0.413 e. The quantitative estimate of drug-likeness (QED) is 0.298. The molecule has 3 aromatic rings. The van der Waals surface area contributed by atoms with Gasteiger partial charge in [0.05, 0.1) is 10.5 Å². The maximum atomic E-state index is 12.9. The summed E-state index contributed by atoms with van der Waals surface area (Å²) in [7, 11) is 0. The first-order valence-corrected chi connectivity index (χ1v) is 8.13. The van der Waals surface area contributed by atoms with Gasteiger partial charge in [-0.2, -0.15) is 0 Å². The van der Waals surface area contributed by atoms with E-state index in [2.05, 4.69) is 4.98 Å². The van der Waals surface area contributed by atoms with Gasteiger partial charge in [-0.05, 0) is 62.1 Å². The van der Waals surface area contributed by atoms with Crippen molar-refractivity contribution in [1.29, 1.82) is 0 Å². The Morgan fingerprint density at radius 1 is 1.08 bits per heavy atom. The number of ether oxygens (including phenoxy) is 1. The van der Waals surface area contributed by atoms with Crippen molar-refractivity contribution in [2.75, 3.05) is 0 Å². The molecule has 6 heteroatoms. The molecule has 0 amide bonds. The lowest BCUT2D eigenvalue weighted by Crippen LogP contribution is -2.15. The molecule has 0 bridgehead atoms. The topological polar surface area (TPSA) is 82.3 Å². The smallest absolute Gasteiger partial charge is 0.344 e. The van der Waals surface area contributed by atoms with Crippen LogP contribution in [-0.2, 0) is 0 Å². The highest BCUT2D eigenvalue weighted by Gasteiger charge is 2.25. The summed E-state index contributed by atoms with van der Waals surface area (Å²) in [6.07, 6.45) is 1.51. The number of benzene rings is 2. The van der Waals surface area contributed by atoms with E-state index in [1.807, 2.05) is 33.8 Å². The van der Waals surface area contributed by atoms with Crippen molar-refractivity contribution in [1.82, 2.24) is 4.98 Å². The highest BCUT2D eigenvalue weighted by atomic mass is 16.6. The molecule has 3 rings (SSSR count). The monoisotopic (exact) mass is 350 g/mol. The number of fused-ring (bicyclic) bond motifs is 1. The molecule has 0 aliphatic carbocycles. The number of carbonyl (C=O) groups excluding carboxylic acids is 1. The number of rotatable bonds is 3.